The van der Waals surface area contributed by atoms with E-state index in [0.29, 0.717) is 11.7 Å². The molecule has 128 valence electrons. The summed E-state index contributed by atoms with van der Waals surface area (Å²) in [6, 6.07) is 6.24. The van der Waals surface area contributed by atoms with Crippen molar-refractivity contribution in [1.29, 1.82) is 0 Å². The minimum atomic E-state index is -3.71. The summed E-state index contributed by atoms with van der Waals surface area (Å²) < 4.78 is 22.4. The highest BCUT2D eigenvalue weighted by atomic mass is 32.2. The molecule has 0 radical (unpaired) electrons. The number of benzene rings is 1. The molecule has 0 heterocycles. The monoisotopic (exact) mass is 340 g/mol. The van der Waals surface area contributed by atoms with E-state index in [1.54, 1.807) is 12.1 Å². The van der Waals surface area contributed by atoms with E-state index < -0.39 is 10.0 Å². The highest BCUT2D eigenvalue weighted by Gasteiger charge is 2.23. The van der Waals surface area contributed by atoms with Crippen LogP contribution < -0.4 is 15.8 Å². The van der Waals surface area contributed by atoms with Crippen molar-refractivity contribution in [3.8, 4) is 0 Å². The van der Waals surface area contributed by atoms with E-state index in [1.807, 2.05) is 6.92 Å². The molecule has 0 bridgehead atoms. The van der Waals surface area contributed by atoms with Crippen molar-refractivity contribution in [2.45, 2.75) is 62.4 Å². The molecule has 7 heteroatoms. The number of hydrogen-bond donors (Lipinski definition) is 3. The third-order valence-corrected chi connectivity index (χ3v) is 5.25. The lowest BCUT2D eigenvalue weighted by atomic mass is 10.1. The van der Waals surface area contributed by atoms with Gasteiger partial charge in [0, 0.05) is 5.69 Å². The number of nitrogens with two attached hydrogens (primary N) is 2. The largest absolute Gasteiger partial charge is 0.334 e. The van der Waals surface area contributed by atoms with E-state index in [4.69, 9.17) is 5.14 Å². The highest BCUT2D eigenvalue weighted by Crippen LogP contribution is 2.15. The van der Waals surface area contributed by atoms with Crippen molar-refractivity contribution in [3.63, 3.8) is 0 Å². The summed E-state index contributed by atoms with van der Waals surface area (Å²) in [7, 11) is -3.71. The summed E-state index contributed by atoms with van der Waals surface area (Å²) >= 11 is 0. The first-order valence-electron chi connectivity index (χ1n) is 8.15. The van der Waals surface area contributed by atoms with Gasteiger partial charge in [0.25, 0.3) is 5.91 Å². The number of anilines is 1. The molecule has 1 amide bonds. The fraction of sp³-hybridized carbons (Fsp3) is 0.562. The Morgan fingerprint density at radius 1 is 1.17 bits per heavy atom. The summed E-state index contributed by atoms with van der Waals surface area (Å²) in [6.45, 7) is 1.90. The average Bonchev–Trinajstić information content (AvgIpc) is 2.75. The van der Waals surface area contributed by atoms with Crippen LogP contribution in [0.5, 0.6) is 0 Å². The van der Waals surface area contributed by atoms with Crippen molar-refractivity contribution in [2.24, 2.45) is 5.14 Å². The first kappa shape index (κ1) is 17.9. The molecular weight excluding hydrogens is 314 g/mol. The number of carbonyl (C=O) groups excluding carboxylic acids is 1. The molecule has 6 nitrogen and oxygen atoms in total. The van der Waals surface area contributed by atoms with Crippen molar-refractivity contribution in [3.05, 3.63) is 24.3 Å². The molecule has 1 fully saturated rings. The van der Waals surface area contributed by atoms with Gasteiger partial charge < -0.3 is 10.6 Å². The summed E-state index contributed by atoms with van der Waals surface area (Å²) in [6.07, 6.45) is 7.40. The van der Waals surface area contributed by atoms with Gasteiger partial charge in [-0.2, -0.15) is 0 Å². The second-order valence-electron chi connectivity index (χ2n) is 6.29. The van der Waals surface area contributed by atoms with Crippen LogP contribution in [0.2, 0.25) is 0 Å². The molecule has 1 atom stereocenters. The molecule has 5 N–H and O–H groups in total. The standard InChI is InChI=1S/C16H25N3O3S/c1-12(18-13-6-4-2-3-5-7-13)16(20)19-14-8-10-15(11-9-14)23(17,21)22/h8-13,18H,2-7H2,1H3,(H,19,20)(H2,17,21,22)/p+1/t12-/m1/s1. The SMILES string of the molecule is C[C@@H]([NH2+]C1CCCCCC1)C(=O)Nc1ccc(S(N)(=O)=O)cc1. The van der Waals surface area contributed by atoms with Gasteiger partial charge in [0.2, 0.25) is 10.0 Å². The predicted molar refractivity (Wildman–Crippen MR) is 89.3 cm³/mol. The van der Waals surface area contributed by atoms with Gasteiger partial charge >= 0.3 is 0 Å². The van der Waals surface area contributed by atoms with E-state index >= 15 is 0 Å². The molecular formula is C16H26N3O3S+. The van der Waals surface area contributed by atoms with Gasteiger partial charge in [0.05, 0.1) is 10.9 Å². The molecule has 23 heavy (non-hydrogen) atoms. The third kappa shape index (κ3) is 5.60. The maximum Gasteiger partial charge on any atom is 0.282 e. The van der Waals surface area contributed by atoms with Crippen molar-refractivity contribution >= 4 is 21.6 Å². The third-order valence-electron chi connectivity index (χ3n) is 4.32. The molecule has 1 saturated carbocycles. The molecule has 0 unspecified atom stereocenters. The van der Waals surface area contributed by atoms with E-state index in [9.17, 15) is 13.2 Å². The van der Waals surface area contributed by atoms with Gasteiger partial charge in [0.15, 0.2) is 6.04 Å². The fourth-order valence-electron chi connectivity index (χ4n) is 2.98. The number of amides is 1. The minimum absolute atomic E-state index is 0.0357. The van der Waals surface area contributed by atoms with Gasteiger partial charge in [-0.1, -0.05) is 12.8 Å². The summed E-state index contributed by atoms with van der Waals surface area (Å²) in [4.78, 5) is 12.3. The van der Waals surface area contributed by atoms with E-state index in [0.717, 1.165) is 0 Å². The molecule has 0 saturated heterocycles. The smallest absolute Gasteiger partial charge is 0.282 e. The zero-order valence-corrected chi connectivity index (χ0v) is 14.3. The Morgan fingerprint density at radius 3 is 2.26 bits per heavy atom. The molecule has 1 aliphatic rings. The predicted octanol–water partition coefficient (Wildman–Crippen LogP) is 0.947. The zero-order valence-electron chi connectivity index (χ0n) is 13.5. The van der Waals surface area contributed by atoms with Crippen LogP contribution >= 0.6 is 0 Å². The number of nitrogens with one attached hydrogen (secondary N) is 1. The fourth-order valence-corrected chi connectivity index (χ4v) is 3.50. The van der Waals surface area contributed by atoms with Crippen LogP contribution in [-0.2, 0) is 14.8 Å². The molecule has 1 aliphatic carbocycles. The Labute approximate surface area is 137 Å². The van der Waals surface area contributed by atoms with Crippen LogP contribution in [0.15, 0.2) is 29.2 Å². The van der Waals surface area contributed by atoms with Gasteiger partial charge in [-0.05, 0) is 56.9 Å². The molecule has 0 aliphatic heterocycles. The lowest BCUT2D eigenvalue weighted by molar-refractivity contribution is -0.707. The van der Waals surface area contributed by atoms with Crippen LogP contribution in [0, 0.1) is 0 Å². The van der Waals surface area contributed by atoms with Crippen molar-refractivity contribution < 1.29 is 18.5 Å². The molecule has 1 aromatic rings. The Balaban J connectivity index is 1.90. The van der Waals surface area contributed by atoms with Crippen LogP contribution in [-0.4, -0.2) is 26.4 Å². The highest BCUT2D eigenvalue weighted by molar-refractivity contribution is 7.89. The minimum Gasteiger partial charge on any atom is -0.334 e. The summed E-state index contributed by atoms with van der Waals surface area (Å²) in [5.41, 5.74) is 0.573. The average molecular weight is 340 g/mol. The Kier molecular flexibility index (Phi) is 6.15. The first-order chi connectivity index (χ1) is 10.9. The molecule has 2 rings (SSSR count). The second-order valence-corrected chi connectivity index (χ2v) is 7.85. The molecule has 1 aromatic carbocycles. The summed E-state index contributed by atoms with van der Waals surface area (Å²) in [5, 5.41) is 10.0. The van der Waals surface area contributed by atoms with Gasteiger partial charge in [-0.3, -0.25) is 4.79 Å². The quantitative estimate of drug-likeness (QED) is 0.695. The number of primary sulfonamides is 1. The normalized spacial score (nSPS) is 18.2. The van der Waals surface area contributed by atoms with Crippen molar-refractivity contribution in [1.82, 2.24) is 0 Å². The second kappa shape index (κ2) is 7.90. The number of sulfonamides is 1. The number of quaternary nitrogens is 1. The van der Waals surface area contributed by atoms with E-state index in [-0.39, 0.29) is 16.8 Å². The number of carbonyl (C=O) groups is 1. The molecule has 0 spiro atoms. The summed E-state index contributed by atoms with van der Waals surface area (Å²) in [5.74, 6) is -0.0717. The Bertz CT molecular complexity index is 620. The topological polar surface area (TPSA) is 106 Å². The number of hydrogen-bond acceptors (Lipinski definition) is 3. The van der Waals surface area contributed by atoms with Gasteiger partial charge in [-0.15, -0.1) is 0 Å². The van der Waals surface area contributed by atoms with Crippen LogP contribution in [0.4, 0.5) is 5.69 Å². The Hall–Kier alpha value is -1.44. The maximum atomic E-state index is 12.3. The zero-order chi connectivity index (χ0) is 16.9. The first-order valence-corrected chi connectivity index (χ1v) is 9.69. The van der Waals surface area contributed by atoms with Gasteiger partial charge in [-0.25, -0.2) is 13.6 Å². The van der Waals surface area contributed by atoms with E-state index in [2.05, 4.69) is 10.6 Å². The van der Waals surface area contributed by atoms with Crippen LogP contribution in [0.3, 0.4) is 0 Å². The maximum absolute atomic E-state index is 12.3. The lowest BCUT2D eigenvalue weighted by Crippen LogP contribution is -2.96. The molecule has 0 aromatic heterocycles. The van der Waals surface area contributed by atoms with Gasteiger partial charge in [0.1, 0.15) is 0 Å². The van der Waals surface area contributed by atoms with Crippen LogP contribution in [0.1, 0.15) is 45.4 Å². The lowest BCUT2D eigenvalue weighted by Gasteiger charge is -2.18. The Morgan fingerprint density at radius 2 is 1.74 bits per heavy atom. The number of rotatable bonds is 5. The van der Waals surface area contributed by atoms with Crippen molar-refractivity contribution in [2.75, 3.05) is 5.32 Å². The van der Waals surface area contributed by atoms with Crippen LogP contribution in [0.25, 0.3) is 0 Å². The van der Waals surface area contributed by atoms with E-state index in [1.165, 1.54) is 50.7 Å².